The van der Waals surface area contributed by atoms with Crippen LogP contribution < -0.4 is 10.6 Å². The second-order valence-electron chi connectivity index (χ2n) is 4.50. The molecule has 0 spiro atoms. The molecule has 1 aliphatic rings. The fourth-order valence-electron chi connectivity index (χ4n) is 2.37. The molecule has 18 heavy (non-hydrogen) atoms. The van der Waals surface area contributed by atoms with E-state index >= 15 is 0 Å². The highest BCUT2D eigenvalue weighted by molar-refractivity contribution is 7.80. The van der Waals surface area contributed by atoms with Gasteiger partial charge >= 0.3 is 0 Å². The summed E-state index contributed by atoms with van der Waals surface area (Å²) in [7, 11) is 0. The van der Waals surface area contributed by atoms with Crippen LogP contribution in [-0.2, 0) is 0 Å². The highest BCUT2D eigenvalue weighted by Gasteiger charge is 2.22. The lowest BCUT2D eigenvalue weighted by atomic mass is 10.2. The van der Waals surface area contributed by atoms with Crippen LogP contribution in [0.2, 0.25) is 0 Å². The number of likely N-dealkylation sites (tertiary alicyclic amines) is 1. The largest absolute Gasteiger partial charge is 0.361 e. The number of hydrogen-bond acceptors (Lipinski definition) is 3. The van der Waals surface area contributed by atoms with Gasteiger partial charge in [-0.15, -0.1) is 0 Å². The number of likely N-dealkylation sites (N-methyl/N-ethyl adjacent to an activating group) is 1. The van der Waals surface area contributed by atoms with Crippen molar-refractivity contribution in [2.75, 3.05) is 25.0 Å². The van der Waals surface area contributed by atoms with Crippen LogP contribution in [0.3, 0.4) is 0 Å². The number of nitrogens with zero attached hydrogens (tertiary/aromatic N) is 2. The Morgan fingerprint density at radius 3 is 3.22 bits per heavy atom. The zero-order valence-corrected chi connectivity index (χ0v) is 11.5. The first-order valence-corrected chi connectivity index (χ1v) is 6.89. The molecular weight excluding hydrogens is 244 g/mol. The molecule has 2 heterocycles. The Kier molecular flexibility index (Phi) is 4.90. The van der Waals surface area contributed by atoms with Crippen LogP contribution in [-0.4, -0.2) is 40.7 Å². The molecule has 1 aromatic rings. The summed E-state index contributed by atoms with van der Waals surface area (Å²) < 4.78 is 0. The van der Waals surface area contributed by atoms with Gasteiger partial charge in [0.2, 0.25) is 0 Å². The number of pyridine rings is 1. The number of anilines is 1. The van der Waals surface area contributed by atoms with Gasteiger partial charge in [-0.1, -0.05) is 6.92 Å². The van der Waals surface area contributed by atoms with Crippen molar-refractivity contribution >= 4 is 23.0 Å². The topological polar surface area (TPSA) is 40.2 Å². The third kappa shape index (κ3) is 3.65. The summed E-state index contributed by atoms with van der Waals surface area (Å²) in [5.74, 6) is 0. The summed E-state index contributed by atoms with van der Waals surface area (Å²) >= 11 is 5.28. The number of rotatable bonds is 4. The van der Waals surface area contributed by atoms with E-state index in [1.807, 2.05) is 12.1 Å². The highest BCUT2D eigenvalue weighted by Crippen LogP contribution is 2.15. The van der Waals surface area contributed by atoms with E-state index in [4.69, 9.17) is 12.2 Å². The number of aromatic nitrogens is 1. The molecule has 0 bridgehead atoms. The smallest absolute Gasteiger partial charge is 0.170 e. The van der Waals surface area contributed by atoms with Crippen LogP contribution in [0.25, 0.3) is 0 Å². The van der Waals surface area contributed by atoms with Crippen molar-refractivity contribution < 1.29 is 0 Å². The van der Waals surface area contributed by atoms with Crippen molar-refractivity contribution in [2.24, 2.45) is 0 Å². The van der Waals surface area contributed by atoms with Gasteiger partial charge in [0.1, 0.15) is 0 Å². The second kappa shape index (κ2) is 6.66. The summed E-state index contributed by atoms with van der Waals surface area (Å²) in [6.45, 7) is 5.46. The highest BCUT2D eigenvalue weighted by atomic mass is 32.1. The summed E-state index contributed by atoms with van der Waals surface area (Å²) in [4.78, 5) is 6.54. The van der Waals surface area contributed by atoms with Gasteiger partial charge in [0.05, 0.1) is 11.9 Å². The first-order valence-electron chi connectivity index (χ1n) is 6.48. The van der Waals surface area contributed by atoms with Crippen LogP contribution in [0.15, 0.2) is 24.5 Å². The zero-order chi connectivity index (χ0) is 12.8. The molecule has 2 rings (SSSR count). The van der Waals surface area contributed by atoms with E-state index in [0.29, 0.717) is 11.2 Å². The van der Waals surface area contributed by atoms with Crippen LogP contribution >= 0.6 is 12.2 Å². The Balaban J connectivity index is 1.75. The third-order valence-corrected chi connectivity index (χ3v) is 3.57. The molecule has 0 aliphatic carbocycles. The molecule has 98 valence electrons. The lowest BCUT2D eigenvalue weighted by Crippen LogP contribution is -2.41. The van der Waals surface area contributed by atoms with E-state index in [-0.39, 0.29) is 0 Å². The van der Waals surface area contributed by atoms with E-state index in [2.05, 4.69) is 27.4 Å². The Labute approximate surface area is 114 Å². The Bertz CT molecular complexity index is 382. The molecule has 1 aromatic heterocycles. The standard InChI is InChI=1S/C13H20N4S/c1-2-17-8-4-6-12(17)10-15-13(18)16-11-5-3-7-14-9-11/h3,5,7,9,12H,2,4,6,8,10H2,1H3,(H2,15,16,18)/t12-/m1/s1. The number of nitrogens with one attached hydrogen (secondary N) is 2. The third-order valence-electron chi connectivity index (χ3n) is 3.32. The van der Waals surface area contributed by atoms with Gasteiger partial charge in [0, 0.05) is 18.8 Å². The molecule has 1 fully saturated rings. The molecule has 0 amide bonds. The van der Waals surface area contributed by atoms with Gasteiger partial charge in [-0.05, 0) is 50.3 Å². The summed E-state index contributed by atoms with van der Waals surface area (Å²) in [5.41, 5.74) is 0.925. The Morgan fingerprint density at radius 2 is 2.50 bits per heavy atom. The van der Waals surface area contributed by atoms with Crippen molar-refractivity contribution in [1.82, 2.24) is 15.2 Å². The molecule has 2 N–H and O–H groups in total. The summed E-state index contributed by atoms with van der Waals surface area (Å²) in [6, 6.07) is 4.46. The first kappa shape index (κ1) is 13.2. The lowest BCUT2D eigenvalue weighted by Gasteiger charge is -2.23. The van der Waals surface area contributed by atoms with Gasteiger partial charge in [0.15, 0.2) is 5.11 Å². The van der Waals surface area contributed by atoms with Gasteiger partial charge in [-0.25, -0.2) is 0 Å². The normalized spacial score (nSPS) is 19.7. The van der Waals surface area contributed by atoms with Gasteiger partial charge in [0.25, 0.3) is 0 Å². The maximum atomic E-state index is 5.28. The van der Waals surface area contributed by atoms with E-state index in [9.17, 15) is 0 Å². The molecule has 0 aromatic carbocycles. The van der Waals surface area contributed by atoms with Crippen molar-refractivity contribution in [3.05, 3.63) is 24.5 Å². The van der Waals surface area contributed by atoms with Crippen molar-refractivity contribution in [3.63, 3.8) is 0 Å². The summed E-state index contributed by atoms with van der Waals surface area (Å²) in [5, 5.41) is 7.10. The fraction of sp³-hybridized carbons (Fsp3) is 0.538. The fourth-order valence-corrected chi connectivity index (χ4v) is 2.57. The molecule has 0 unspecified atom stereocenters. The maximum absolute atomic E-state index is 5.28. The van der Waals surface area contributed by atoms with Gasteiger partial charge in [-0.3, -0.25) is 9.88 Å². The molecule has 4 nitrogen and oxygen atoms in total. The van der Waals surface area contributed by atoms with Gasteiger partial charge < -0.3 is 10.6 Å². The average molecular weight is 264 g/mol. The number of hydrogen-bond donors (Lipinski definition) is 2. The van der Waals surface area contributed by atoms with Crippen LogP contribution in [0, 0.1) is 0 Å². The van der Waals surface area contributed by atoms with Crippen molar-refractivity contribution in [2.45, 2.75) is 25.8 Å². The van der Waals surface area contributed by atoms with Crippen molar-refractivity contribution in [1.29, 1.82) is 0 Å². The van der Waals surface area contributed by atoms with E-state index in [0.717, 1.165) is 18.8 Å². The average Bonchev–Trinajstić information content (AvgIpc) is 2.85. The zero-order valence-electron chi connectivity index (χ0n) is 10.7. The molecule has 0 radical (unpaired) electrons. The minimum Gasteiger partial charge on any atom is -0.361 e. The maximum Gasteiger partial charge on any atom is 0.170 e. The molecular formula is C13H20N4S. The second-order valence-corrected chi connectivity index (χ2v) is 4.91. The van der Waals surface area contributed by atoms with E-state index in [1.165, 1.54) is 19.4 Å². The summed E-state index contributed by atoms with van der Waals surface area (Å²) in [6.07, 6.45) is 6.07. The SMILES string of the molecule is CCN1CCC[C@@H]1CNC(=S)Nc1cccnc1. The molecule has 0 saturated carbocycles. The quantitative estimate of drug-likeness (QED) is 0.812. The number of thiocarbonyl (C=S) groups is 1. The van der Waals surface area contributed by atoms with E-state index in [1.54, 1.807) is 12.4 Å². The predicted octanol–water partition coefficient (Wildman–Crippen LogP) is 1.85. The predicted molar refractivity (Wildman–Crippen MR) is 78.7 cm³/mol. The molecule has 1 aliphatic heterocycles. The molecule has 5 heteroatoms. The Hall–Kier alpha value is -1.20. The molecule has 1 atom stereocenters. The van der Waals surface area contributed by atoms with E-state index < -0.39 is 0 Å². The lowest BCUT2D eigenvalue weighted by molar-refractivity contribution is 0.267. The van der Waals surface area contributed by atoms with Crippen molar-refractivity contribution in [3.8, 4) is 0 Å². The monoisotopic (exact) mass is 264 g/mol. The Morgan fingerprint density at radius 1 is 1.61 bits per heavy atom. The first-order chi connectivity index (χ1) is 8.79. The van der Waals surface area contributed by atoms with Crippen LogP contribution in [0.1, 0.15) is 19.8 Å². The van der Waals surface area contributed by atoms with Crippen LogP contribution in [0.5, 0.6) is 0 Å². The van der Waals surface area contributed by atoms with Gasteiger partial charge in [-0.2, -0.15) is 0 Å². The minimum absolute atomic E-state index is 0.614. The van der Waals surface area contributed by atoms with Crippen LogP contribution in [0.4, 0.5) is 5.69 Å². The molecule has 1 saturated heterocycles. The minimum atomic E-state index is 0.614.